The maximum atomic E-state index is 3.83. The largest absolute Gasteiger partial charge is 0.310 e. The first-order valence-corrected chi connectivity index (χ1v) is 7.77. The van der Waals surface area contributed by atoms with Crippen LogP contribution < -0.4 is 5.32 Å². The third-order valence-corrected chi connectivity index (χ3v) is 4.65. The molecule has 1 N–H and O–H groups in total. The van der Waals surface area contributed by atoms with E-state index in [9.17, 15) is 0 Å². The number of hydrogen-bond acceptors (Lipinski definition) is 2. The summed E-state index contributed by atoms with van der Waals surface area (Å²) < 4.78 is 0. The molecule has 0 bridgehead atoms. The van der Waals surface area contributed by atoms with Gasteiger partial charge in [0.05, 0.1) is 0 Å². The number of hydrogen-bond donors (Lipinski definition) is 1. The van der Waals surface area contributed by atoms with Crippen LogP contribution in [0.2, 0.25) is 0 Å². The van der Waals surface area contributed by atoms with Crippen LogP contribution in [-0.4, -0.2) is 23.6 Å². The summed E-state index contributed by atoms with van der Waals surface area (Å²) in [5.41, 5.74) is 0. The van der Waals surface area contributed by atoms with Crippen LogP contribution in [0.1, 0.15) is 52.9 Å². The molecule has 0 heterocycles. The van der Waals surface area contributed by atoms with Crippen molar-refractivity contribution >= 4 is 11.8 Å². The van der Waals surface area contributed by atoms with Crippen LogP contribution >= 0.6 is 11.8 Å². The molecule has 1 nitrogen and oxygen atoms in total. The van der Waals surface area contributed by atoms with E-state index in [1.165, 1.54) is 43.6 Å². The van der Waals surface area contributed by atoms with Gasteiger partial charge in [0, 0.05) is 17.8 Å². The van der Waals surface area contributed by atoms with Gasteiger partial charge >= 0.3 is 0 Å². The van der Waals surface area contributed by atoms with E-state index in [4.69, 9.17) is 0 Å². The van der Waals surface area contributed by atoms with Gasteiger partial charge in [-0.25, -0.2) is 0 Å². The van der Waals surface area contributed by atoms with E-state index in [1.807, 2.05) is 0 Å². The van der Waals surface area contributed by atoms with Crippen molar-refractivity contribution in [3.63, 3.8) is 0 Å². The minimum absolute atomic E-state index is 0.687. The molecule has 0 aliphatic heterocycles. The van der Waals surface area contributed by atoms with Gasteiger partial charge in [0.25, 0.3) is 0 Å². The molecule has 0 aromatic heterocycles. The van der Waals surface area contributed by atoms with E-state index in [0.29, 0.717) is 6.04 Å². The Labute approximate surface area is 99.8 Å². The van der Waals surface area contributed by atoms with Crippen LogP contribution in [0.4, 0.5) is 0 Å². The first kappa shape index (κ1) is 13.4. The molecule has 0 amide bonds. The van der Waals surface area contributed by atoms with E-state index in [2.05, 4.69) is 37.8 Å². The monoisotopic (exact) mass is 229 g/mol. The summed E-state index contributed by atoms with van der Waals surface area (Å²) in [6.07, 6.45) is 7.09. The highest BCUT2D eigenvalue weighted by molar-refractivity contribution is 7.99. The highest BCUT2D eigenvalue weighted by atomic mass is 32.2. The zero-order valence-electron chi connectivity index (χ0n) is 10.6. The van der Waals surface area contributed by atoms with Gasteiger partial charge in [0.2, 0.25) is 0 Å². The Morgan fingerprint density at radius 1 is 1.27 bits per heavy atom. The molecule has 0 aromatic carbocycles. The first-order chi connectivity index (χ1) is 7.27. The molecule has 0 radical (unpaired) electrons. The fourth-order valence-corrected chi connectivity index (χ4v) is 3.31. The average molecular weight is 229 g/mol. The second-order valence-electron chi connectivity index (χ2n) is 4.79. The minimum atomic E-state index is 0.687. The smallest absolute Gasteiger partial charge is 0.0132 e. The molecule has 0 spiro atoms. The van der Waals surface area contributed by atoms with Crippen LogP contribution in [0.3, 0.4) is 0 Å². The van der Waals surface area contributed by atoms with Gasteiger partial charge in [0.1, 0.15) is 0 Å². The molecular formula is C13H27NS. The van der Waals surface area contributed by atoms with Crippen LogP contribution in [-0.2, 0) is 0 Å². The van der Waals surface area contributed by atoms with Gasteiger partial charge in [-0.2, -0.15) is 11.8 Å². The zero-order chi connectivity index (χ0) is 11.1. The van der Waals surface area contributed by atoms with Crippen molar-refractivity contribution in [2.45, 2.75) is 65.0 Å². The summed E-state index contributed by atoms with van der Waals surface area (Å²) in [7, 11) is 0. The lowest BCUT2D eigenvalue weighted by atomic mass is 9.82. The lowest BCUT2D eigenvalue weighted by Gasteiger charge is -2.33. The molecule has 0 aromatic rings. The Balaban J connectivity index is 2.27. The predicted octanol–water partition coefficient (Wildman–Crippen LogP) is 3.69. The Morgan fingerprint density at radius 3 is 2.67 bits per heavy atom. The lowest BCUT2D eigenvalue weighted by Crippen LogP contribution is -2.44. The highest BCUT2D eigenvalue weighted by Crippen LogP contribution is 2.27. The second kappa shape index (κ2) is 7.56. The van der Waals surface area contributed by atoms with Crippen LogP contribution in [0.25, 0.3) is 0 Å². The molecule has 1 fully saturated rings. The van der Waals surface area contributed by atoms with E-state index in [1.54, 1.807) is 0 Å². The predicted molar refractivity (Wildman–Crippen MR) is 71.6 cm³/mol. The summed E-state index contributed by atoms with van der Waals surface area (Å²) in [5.74, 6) is 3.45. The van der Waals surface area contributed by atoms with Crippen molar-refractivity contribution in [1.29, 1.82) is 0 Å². The zero-order valence-corrected chi connectivity index (χ0v) is 11.4. The molecule has 0 saturated heterocycles. The van der Waals surface area contributed by atoms with E-state index < -0.39 is 0 Å². The van der Waals surface area contributed by atoms with E-state index in [-0.39, 0.29) is 0 Å². The number of rotatable bonds is 6. The highest BCUT2D eigenvalue weighted by Gasteiger charge is 2.24. The molecule has 1 aliphatic carbocycles. The van der Waals surface area contributed by atoms with E-state index in [0.717, 1.165) is 12.0 Å². The summed E-state index contributed by atoms with van der Waals surface area (Å²) >= 11 is 2.05. The minimum Gasteiger partial charge on any atom is -0.310 e. The molecule has 15 heavy (non-hydrogen) atoms. The average Bonchev–Trinajstić information content (AvgIpc) is 2.27. The van der Waals surface area contributed by atoms with Gasteiger partial charge in [-0.1, -0.05) is 33.1 Å². The van der Waals surface area contributed by atoms with E-state index >= 15 is 0 Å². The van der Waals surface area contributed by atoms with Gasteiger partial charge in [-0.05, 0) is 31.4 Å². The normalized spacial score (nSPS) is 29.0. The van der Waals surface area contributed by atoms with Gasteiger partial charge < -0.3 is 5.32 Å². The second-order valence-corrected chi connectivity index (χ2v) is 6.11. The summed E-state index contributed by atoms with van der Waals surface area (Å²) in [6.45, 7) is 6.92. The summed E-state index contributed by atoms with van der Waals surface area (Å²) in [5, 5.41) is 3.83. The van der Waals surface area contributed by atoms with Crippen molar-refractivity contribution in [2.24, 2.45) is 5.92 Å². The Morgan fingerprint density at radius 2 is 2.00 bits per heavy atom. The third-order valence-electron chi connectivity index (χ3n) is 3.50. The van der Waals surface area contributed by atoms with Crippen molar-refractivity contribution in [1.82, 2.24) is 5.32 Å². The van der Waals surface area contributed by atoms with Crippen molar-refractivity contribution in [2.75, 3.05) is 11.5 Å². The molecule has 1 saturated carbocycles. The Kier molecular flexibility index (Phi) is 6.74. The van der Waals surface area contributed by atoms with Crippen molar-refractivity contribution < 1.29 is 0 Å². The number of nitrogens with one attached hydrogen (secondary N) is 1. The maximum Gasteiger partial charge on any atom is 0.0132 e. The first-order valence-electron chi connectivity index (χ1n) is 6.61. The molecule has 3 atom stereocenters. The third kappa shape index (κ3) is 4.78. The topological polar surface area (TPSA) is 12.0 Å². The fraction of sp³-hybridized carbons (Fsp3) is 1.00. The molecule has 3 unspecified atom stereocenters. The van der Waals surface area contributed by atoms with Crippen LogP contribution in [0.15, 0.2) is 0 Å². The molecule has 1 rings (SSSR count). The summed E-state index contributed by atoms with van der Waals surface area (Å²) in [4.78, 5) is 0. The fourth-order valence-electron chi connectivity index (χ4n) is 2.62. The summed E-state index contributed by atoms with van der Waals surface area (Å²) in [6, 6.07) is 1.49. The number of thioether (sulfide) groups is 1. The molecule has 1 aliphatic rings. The van der Waals surface area contributed by atoms with Crippen LogP contribution in [0.5, 0.6) is 0 Å². The van der Waals surface area contributed by atoms with Crippen LogP contribution in [0, 0.1) is 5.92 Å². The standard InChI is InChI=1S/C13H27NS/c1-4-12-8-6-7-9-13(12)14-11(3)10-15-5-2/h11-14H,4-10H2,1-3H3. The molecule has 2 heteroatoms. The van der Waals surface area contributed by atoms with Gasteiger partial charge in [0.15, 0.2) is 0 Å². The van der Waals surface area contributed by atoms with Crippen molar-refractivity contribution in [3.05, 3.63) is 0 Å². The molecule has 90 valence electrons. The SMILES string of the molecule is CCSCC(C)NC1CCCCC1CC. The lowest BCUT2D eigenvalue weighted by molar-refractivity contribution is 0.244. The Hall–Kier alpha value is 0.310. The Bertz CT molecular complexity index is 161. The van der Waals surface area contributed by atoms with Gasteiger partial charge in [-0.15, -0.1) is 0 Å². The molecular weight excluding hydrogens is 202 g/mol. The van der Waals surface area contributed by atoms with Crippen molar-refractivity contribution in [3.8, 4) is 0 Å². The van der Waals surface area contributed by atoms with Gasteiger partial charge in [-0.3, -0.25) is 0 Å². The quantitative estimate of drug-likeness (QED) is 0.745. The maximum absolute atomic E-state index is 3.83.